The lowest BCUT2D eigenvalue weighted by Crippen LogP contribution is -2.39. The van der Waals surface area contributed by atoms with Gasteiger partial charge in [0.2, 0.25) is 17.7 Å². The molecule has 8 nitrogen and oxygen atoms in total. The number of likely N-dealkylation sites (tertiary alicyclic amines) is 1. The summed E-state index contributed by atoms with van der Waals surface area (Å²) < 4.78 is 7.65. The van der Waals surface area contributed by atoms with E-state index in [2.05, 4.69) is 10.2 Å². The Hall–Kier alpha value is -2.16. The highest BCUT2D eigenvalue weighted by Crippen LogP contribution is 2.40. The molecule has 4 aliphatic rings. The SMILES string of the molecule is O=C(CC1CSc2nc3c(c(=O)n21)CCC3)N1CCC(c2nnc(C3CC3)o2)CC1. The minimum absolute atomic E-state index is 0.0804. The molecule has 0 N–H and O–H groups in total. The van der Waals surface area contributed by atoms with Crippen molar-refractivity contribution in [1.82, 2.24) is 24.6 Å². The van der Waals surface area contributed by atoms with E-state index in [0.717, 1.165) is 78.9 Å². The number of hydrogen-bond acceptors (Lipinski definition) is 7. The summed E-state index contributed by atoms with van der Waals surface area (Å²) in [4.78, 5) is 32.6. The van der Waals surface area contributed by atoms with Crippen LogP contribution in [0, 0.1) is 0 Å². The van der Waals surface area contributed by atoms with Crippen LogP contribution >= 0.6 is 11.8 Å². The molecule has 1 saturated heterocycles. The van der Waals surface area contributed by atoms with Crippen LogP contribution in [-0.2, 0) is 17.6 Å². The summed E-state index contributed by atoms with van der Waals surface area (Å²) in [6.07, 6.45) is 7.10. The van der Waals surface area contributed by atoms with Gasteiger partial charge < -0.3 is 9.32 Å². The van der Waals surface area contributed by atoms with Crippen molar-refractivity contribution in [2.24, 2.45) is 0 Å². The molecule has 1 saturated carbocycles. The van der Waals surface area contributed by atoms with Gasteiger partial charge in [0, 0.05) is 42.7 Å². The van der Waals surface area contributed by atoms with E-state index in [-0.39, 0.29) is 23.4 Å². The van der Waals surface area contributed by atoms with Crippen molar-refractivity contribution in [2.75, 3.05) is 18.8 Å². The third-order valence-electron chi connectivity index (χ3n) is 6.86. The van der Waals surface area contributed by atoms with E-state index in [1.807, 2.05) is 4.90 Å². The Morgan fingerprint density at radius 3 is 2.53 bits per heavy atom. The maximum absolute atomic E-state index is 13.0. The maximum Gasteiger partial charge on any atom is 0.257 e. The van der Waals surface area contributed by atoms with Gasteiger partial charge in [-0.25, -0.2) is 4.98 Å². The molecule has 9 heteroatoms. The molecule has 0 bridgehead atoms. The summed E-state index contributed by atoms with van der Waals surface area (Å²) in [5, 5.41) is 9.23. The van der Waals surface area contributed by atoms with Gasteiger partial charge in [-0.1, -0.05) is 11.8 Å². The highest BCUT2D eigenvalue weighted by Gasteiger charge is 2.35. The first-order valence-corrected chi connectivity index (χ1v) is 12.0. The Morgan fingerprint density at radius 2 is 1.80 bits per heavy atom. The summed E-state index contributed by atoms with van der Waals surface area (Å²) in [5.74, 6) is 3.11. The fraction of sp³-hybridized carbons (Fsp3) is 0.667. The minimum Gasteiger partial charge on any atom is -0.425 e. The van der Waals surface area contributed by atoms with Gasteiger partial charge >= 0.3 is 0 Å². The number of aromatic nitrogens is 4. The minimum atomic E-state index is -0.0850. The van der Waals surface area contributed by atoms with Crippen LogP contribution in [0.4, 0.5) is 0 Å². The number of aryl methyl sites for hydroxylation is 1. The zero-order valence-electron chi connectivity index (χ0n) is 16.9. The molecule has 6 rings (SSSR count). The Labute approximate surface area is 178 Å². The van der Waals surface area contributed by atoms with Gasteiger partial charge in [-0.3, -0.25) is 14.2 Å². The molecule has 4 heterocycles. The van der Waals surface area contributed by atoms with Gasteiger partial charge in [-0.15, -0.1) is 10.2 Å². The van der Waals surface area contributed by atoms with Crippen LogP contribution in [0.3, 0.4) is 0 Å². The molecule has 30 heavy (non-hydrogen) atoms. The number of fused-ring (bicyclic) bond motifs is 2. The quantitative estimate of drug-likeness (QED) is 0.692. The van der Waals surface area contributed by atoms with E-state index >= 15 is 0 Å². The fourth-order valence-electron chi connectivity index (χ4n) is 4.92. The lowest BCUT2D eigenvalue weighted by molar-refractivity contribution is -0.133. The van der Waals surface area contributed by atoms with Gasteiger partial charge in [0.1, 0.15) is 0 Å². The molecular weight excluding hydrogens is 402 g/mol. The number of thioether (sulfide) groups is 1. The van der Waals surface area contributed by atoms with Gasteiger partial charge in [-0.05, 0) is 44.9 Å². The Morgan fingerprint density at radius 1 is 1.07 bits per heavy atom. The number of carbonyl (C=O) groups excluding carboxylic acids is 1. The Kier molecular flexibility index (Phi) is 4.47. The molecule has 1 unspecified atom stereocenters. The number of nitrogens with zero attached hydrogens (tertiary/aromatic N) is 5. The average Bonchev–Trinajstić information content (AvgIpc) is 3.16. The van der Waals surface area contributed by atoms with Crippen LogP contribution in [0.15, 0.2) is 14.4 Å². The molecule has 2 aromatic rings. The van der Waals surface area contributed by atoms with Crippen LogP contribution in [0.1, 0.15) is 79.4 Å². The zero-order valence-corrected chi connectivity index (χ0v) is 17.7. The molecule has 2 aromatic heterocycles. The van der Waals surface area contributed by atoms with Crippen molar-refractivity contribution in [1.29, 1.82) is 0 Å². The maximum atomic E-state index is 13.0. The third kappa shape index (κ3) is 3.18. The third-order valence-corrected chi connectivity index (χ3v) is 7.96. The monoisotopic (exact) mass is 427 g/mol. The summed E-state index contributed by atoms with van der Waals surface area (Å²) in [5.41, 5.74) is 1.92. The van der Waals surface area contributed by atoms with E-state index in [9.17, 15) is 9.59 Å². The summed E-state index contributed by atoms with van der Waals surface area (Å²) >= 11 is 1.61. The van der Waals surface area contributed by atoms with Gasteiger partial charge in [0.15, 0.2) is 5.16 Å². The first kappa shape index (κ1) is 18.6. The highest BCUT2D eigenvalue weighted by atomic mass is 32.2. The molecule has 1 amide bonds. The Balaban J connectivity index is 1.10. The number of rotatable bonds is 4. The van der Waals surface area contributed by atoms with Crippen LogP contribution < -0.4 is 5.56 Å². The molecule has 2 aliphatic heterocycles. The standard InChI is InChI=1S/C21H25N5O3S/c27-17(10-14-11-30-21-22-16-3-1-2-15(16)20(28)26(14)21)25-8-6-13(7-9-25)19-24-23-18(29-19)12-4-5-12/h12-14H,1-11H2. The normalized spacial score (nSPS) is 23.6. The Bertz CT molecular complexity index is 1050. The first-order chi connectivity index (χ1) is 14.7. The summed E-state index contributed by atoms with van der Waals surface area (Å²) in [6, 6.07) is -0.0850. The van der Waals surface area contributed by atoms with E-state index < -0.39 is 0 Å². The number of amides is 1. The zero-order chi connectivity index (χ0) is 20.2. The molecule has 2 fully saturated rings. The molecule has 2 aliphatic carbocycles. The topological polar surface area (TPSA) is 94.1 Å². The van der Waals surface area contributed by atoms with Crippen molar-refractivity contribution < 1.29 is 9.21 Å². The summed E-state index contributed by atoms with van der Waals surface area (Å²) in [7, 11) is 0. The average molecular weight is 428 g/mol. The number of piperidine rings is 1. The van der Waals surface area contributed by atoms with Crippen molar-refractivity contribution in [3.05, 3.63) is 33.4 Å². The van der Waals surface area contributed by atoms with Gasteiger partial charge in [0.05, 0.1) is 11.7 Å². The van der Waals surface area contributed by atoms with Crippen LogP contribution in [-0.4, -0.2) is 49.4 Å². The molecule has 0 aromatic carbocycles. The lowest BCUT2D eigenvalue weighted by Gasteiger charge is -2.31. The number of carbonyl (C=O) groups is 1. The number of hydrogen-bond donors (Lipinski definition) is 0. The van der Waals surface area contributed by atoms with Gasteiger partial charge in [0.25, 0.3) is 5.56 Å². The molecule has 158 valence electrons. The second-order valence-electron chi connectivity index (χ2n) is 8.93. The second kappa shape index (κ2) is 7.21. The predicted octanol–water partition coefficient (Wildman–Crippen LogP) is 2.44. The van der Waals surface area contributed by atoms with Crippen LogP contribution in [0.2, 0.25) is 0 Å². The lowest BCUT2D eigenvalue weighted by atomic mass is 9.96. The summed E-state index contributed by atoms with van der Waals surface area (Å²) in [6.45, 7) is 1.41. The van der Waals surface area contributed by atoms with Crippen molar-refractivity contribution in [3.63, 3.8) is 0 Å². The fourth-order valence-corrected chi connectivity index (χ4v) is 6.07. The van der Waals surface area contributed by atoms with Crippen molar-refractivity contribution in [3.8, 4) is 0 Å². The predicted molar refractivity (Wildman–Crippen MR) is 110 cm³/mol. The van der Waals surface area contributed by atoms with Crippen molar-refractivity contribution >= 4 is 17.7 Å². The van der Waals surface area contributed by atoms with Crippen LogP contribution in [0.5, 0.6) is 0 Å². The molecule has 0 spiro atoms. The van der Waals surface area contributed by atoms with E-state index in [1.54, 1.807) is 16.3 Å². The van der Waals surface area contributed by atoms with Crippen molar-refractivity contribution in [2.45, 2.75) is 74.4 Å². The molecular formula is C21H25N5O3S. The largest absolute Gasteiger partial charge is 0.425 e. The van der Waals surface area contributed by atoms with Crippen LogP contribution in [0.25, 0.3) is 0 Å². The first-order valence-electron chi connectivity index (χ1n) is 11.1. The van der Waals surface area contributed by atoms with E-state index in [4.69, 9.17) is 9.40 Å². The molecule has 0 radical (unpaired) electrons. The molecule has 1 atom stereocenters. The second-order valence-corrected chi connectivity index (χ2v) is 9.91. The van der Waals surface area contributed by atoms with E-state index in [0.29, 0.717) is 25.4 Å². The van der Waals surface area contributed by atoms with Gasteiger partial charge in [-0.2, -0.15) is 0 Å². The van der Waals surface area contributed by atoms with E-state index in [1.165, 1.54) is 0 Å². The smallest absolute Gasteiger partial charge is 0.257 e. The highest BCUT2D eigenvalue weighted by molar-refractivity contribution is 7.99.